The van der Waals surface area contributed by atoms with E-state index in [1.807, 2.05) is 27.7 Å². The topological polar surface area (TPSA) is 138 Å². The Kier molecular flexibility index (Phi) is 5.82. The van der Waals surface area contributed by atoms with E-state index in [0.717, 1.165) is 18.4 Å². The van der Waals surface area contributed by atoms with E-state index in [1.54, 1.807) is 0 Å². The Morgan fingerprint density at radius 1 is 0.838 bits per heavy atom. The summed E-state index contributed by atoms with van der Waals surface area (Å²) in [6.45, 7) is 14.3. The lowest BCUT2D eigenvalue weighted by atomic mass is 9.32. The number of allylic oxidation sites excluding steroid dienone is 1. The van der Waals surface area contributed by atoms with Crippen molar-refractivity contribution in [1.29, 1.82) is 0 Å². The molecule has 0 heterocycles. The monoisotopic (exact) mass is 520 g/mol. The summed E-state index contributed by atoms with van der Waals surface area (Å²) in [6, 6.07) is 0. The van der Waals surface area contributed by atoms with E-state index in [9.17, 15) is 35.4 Å². The number of hydrogen-bond donors (Lipinski definition) is 6. The van der Waals surface area contributed by atoms with E-state index in [2.05, 4.69) is 26.8 Å². The van der Waals surface area contributed by atoms with Gasteiger partial charge in [-0.1, -0.05) is 60.1 Å². The van der Waals surface area contributed by atoms with Crippen LogP contribution in [0, 0.1) is 50.2 Å². The van der Waals surface area contributed by atoms with Gasteiger partial charge < -0.3 is 30.6 Å². The summed E-state index contributed by atoms with van der Waals surface area (Å²) < 4.78 is 0. The van der Waals surface area contributed by atoms with Gasteiger partial charge in [0.1, 0.15) is 11.5 Å². The number of hydrogen-bond acceptors (Lipinski definition) is 6. The summed E-state index contributed by atoms with van der Waals surface area (Å²) >= 11 is 0. The molecule has 7 nitrogen and oxygen atoms in total. The molecule has 37 heavy (non-hydrogen) atoms. The Bertz CT molecular complexity index is 1020. The van der Waals surface area contributed by atoms with Crippen LogP contribution in [0.1, 0.15) is 87.0 Å². The highest BCUT2D eigenvalue weighted by Gasteiger charge is 2.74. The highest BCUT2D eigenvalue weighted by Crippen LogP contribution is 2.75. The molecule has 0 bridgehead atoms. The molecule has 5 aliphatic carbocycles. The fourth-order valence-electron chi connectivity index (χ4n) is 10.8. The summed E-state index contributed by atoms with van der Waals surface area (Å²) in [5.41, 5.74) is -3.22. The SMILES string of the molecule is CC1(C)CCC2(C(=O)O)C(O)CC3(C)C(=CCC4C5(C)C(O)C(O)C(O)C(C)(C)C5CCC43C)C2C1O. The number of carbonyl (C=O) groups is 1. The number of rotatable bonds is 1. The van der Waals surface area contributed by atoms with Gasteiger partial charge in [0, 0.05) is 11.3 Å². The Labute approximate surface area is 221 Å². The van der Waals surface area contributed by atoms with Gasteiger partial charge >= 0.3 is 5.97 Å². The van der Waals surface area contributed by atoms with Crippen LogP contribution in [-0.2, 0) is 4.79 Å². The van der Waals surface area contributed by atoms with Gasteiger partial charge in [0.15, 0.2) is 0 Å². The summed E-state index contributed by atoms with van der Waals surface area (Å²) in [7, 11) is 0. The van der Waals surface area contributed by atoms with Crippen LogP contribution in [0.4, 0.5) is 0 Å². The molecule has 6 N–H and O–H groups in total. The van der Waals surface area contributed by atoms with Crippen LogP contribution >= 0.6 is 0 Å². The Morgan fingerprint density at radius 2 is 1.46 bits per heavy atom. The van der Waals surface area contributed by atoms with Crippen LogP contribution in [-0.4, -0.2) is 67.1 Å². The summed E-state index contributed by atoms with van der Waals surface area (Å²) in [6.07, 6.45) is 0.00444. The summed E-state index contributed by atoms with van der Waals surface area (Å²) in [4.78, 5) is 12.9. The predicted octanol–water partition coefficient (Wildman–Crippen LogP) is 3.12. The first kappa shape index (κ1) is 27.6. The smallest absolute Gasteiger partial charge is 0.312 e. The van der Waals surface area contributed by atoms with Gasteiger partial charge in [0.2, 0.25) is 0 Å². The molecule has 4 fully saturated rings. The first-order chi connectivity index (χ1) is 16.8. The molecule has 0 aliphatic heterocycles. The zero-order valence-electron chi connectivity index (χ0n) is 23.5. The van der Waals surface area contributed by atoms with E-state index >= 15 is 0 Å². The molecule has 0 spiro atoms. The highest BCUT2D eigenvalue weighted by atomic mass is 16.4. The minimum atomic E-state index is -1.42. The first-order valence-electron chi connectivity index (χ1n) is 14.2. The molecule has 0 amide bonds. The van der Waals surface area contributed by atoms with Crippen molar-refractivity contribution in [3.05, 3.63) is 11.6 Å². The molecule has 12 unspecified atom stereocenters. The lowest BCUT2D eigenvalue weighted by Crippen LogP contribution is -2.73. The van der Waals surface area contributed by atoms with E-state index in [-0.39, 0.29) is 18.3 Å². The summed E-state index contributed by atoms with van der Waals surface area (Å²) in [5, 5.41) is 67.3. The number of carboxylic acid groups (broad SMARTS) is 1. The third-order valence-corrected chi connectivity index (χ3v) is 13.4. The molecule has 5 aliphatic rings. The normalized spacial score (nSPS) is 56.2. The van der Waals surface area contributed by atoms with Crippen LogP contribution < -0.4 is 0 Å². The molecular weight excluding hydrogens is 472 g/mol. The highest BCUT2D eigenvalue weighted by molar-refractivity contribution is 5.78. The second-order valence-corrected chi connectivity index (χ2v) is 15.3. The van der Waals surface area contributed by atoms with Gasteiger partial charge in [-0.25, -0.2) is 0 Å². The van der Waals surface area contributed by atoms with E-state index in [0.29, 0.717) is 19.3 Å². The van der Waals surface area contributed by atoms with E-state index < -0.39 is 74.9 Å². The van der Waals surface area contributed by atoms with E-state index in [4.69, 9.17) is 0 Å². The van der Waals surface area contributed by atoms with Gasteiger partial charge in [0.05, 0.1) is 24.4 Å². The van der Waals surface area contributed by atoms with Gasteiger partial charge in [-0.05, 0) is 72.0 Å². The second kappa shape index (κ2) is 7.81. The third kappa shape index (κ3) is 2.99. The number of fused-ring (bicyclic) bond motifs is 7. The first-order valence-corrected chi connectivity index (χ1v) is 14.2. The molecule has 7 heteroatoms. The number of carboxylic acids is 1. The van der Waals surface area contributed by atoms with Crippen molar-refractivity contribution in [3.63, 3.8) is 0 Å². The van der Waals surface area contributed by atoms with Crippen molar-refractivity contribution in [2.24, 2.45) is 50.2 Å². The van der Waals surface area contributed by atoms with Crippen molar-refractivity contribution in [2.45, 2.75) is 118 Å². The van der Waals surface area contributed by atoms with Crippen molar-refractivity contribution in [1.82, 2.24) is 0 Å². The van der Waals surface area contributed by atoms with E-state index in [1.165, 1.54) is 0 Å². The third-order valence-electron chi connectivity index (χ3n) is 13.4. The fourth-order valence-corrected chi connectivity index (χ4v) is 10.8. The Morgan fingerprint density at radius 3 is 2.05 bits per heavy atom. The number of aliphatic carboxylic acids is 1. The van der Waals surface area contributed by atoms with Gasteiger partial charge in [0.25, 0.3) is 0 Å². The Hall–Kier alpha value is -0.990. The van der Waals surface area contributed by atoms with Crippen LogP contribution in [0.3, 0.4) is 0 Å². The average Bonchev–Trinajstić information content (AvgIpc) is 2.79. The lowest BCUT2D eigenvalue weighted by Gasteiger charge is -2.72. The maximum atomic E-state index is 12.9. The molecule has 0 saturated heterocycles. The van der Waals surface area contributed by atoms with Gasteiger partial charge in [-0.2, -0.15) is 0 Å². The van der Waals surface area contributed by atoms with Gasteiger partial charge in [-0.15, -0.1) is 0 Å². The van der Waals surface area contributed by atoms with Crippen molar-refractivity contribution >= 4 is 5.97 Å². The second-order valence-electron chi connectivity index (χ2n) is 15.3. The number of aliphatic hydroxyl groups is 5. The minimum Gasteiger partial charge on any atom is -0.481 e. The summed E-state index contributed by atoms with van der Waals surface area (Å²) in [5.74, 6) is -1.80. The van der Waals surface area contributed by atoms with Crippen molar-refractivity contribution in [3.8, 4) is 0 Å². The lowest BCUT2D eigenvalue weighted by molar-refractivity contribution is -0.282. The van der Waals surface area contributed by atoms with Crippen LogP contribution in [0.2, 0.25) is 0 Å². The molecule has 5 rings (SSSR count). The Balaban J connectivity index is 1.69. The molecular formula is C30H48O7. The molecule has 0 radical (unpaired) electrons. The van der Waals surface area contributed by atoms with Crippen molar-refractivity contribution in [2.75, 3.05) is 0 Å². The average molecular weight is 521 g/mol. The standard InChI is InChI=1S/C30H48O7/c1-25(2)12-13-30(24(36)37)18(31)14-28(6)15(19(30)21(25)33)8-9-17-27(28,5)11-10-16-26(3,4)22(34)20(32)23(35)29(16,17)7/h8,16-23,31-35H,9-14H2,1-7H3,(H,36,37). The molecule has 0 aromatic rings. The fraction of sp³-hybridized carbons (Fsp3) is 0.900. The molecule has 12 atom stereocenters. The zero-order chi connectivity index (χ0) is 27.7. The maximum Gasteiger partial charge on any atom is 0.312 e. The quantitative estimate of drug-likeness (QED) is 0.292. The minimum absolute atomic E-state index is 0.0177. The van der Waals surface area contributed by atoms with Crippen molar-refractivity contribution < 1.29 is 35.4 Å². The largest absolute Gasteiger partial charge is 0.481 e. The zero-order valence-corrected chi connectivity index (χ0v) is 23.5. The van der Waals surface area contributed by atoms with Crippen LogP contribution in [0.5, 0.6) is 0 Å². The molecule has 0 aromatic heterocycles. The van der Waals surface area contributed by atoms with Crippen LogP contribution in [0.25, 0.3) is 0 Å². The predicted molar refractivity (Wildman–Crippen MR) is 138 cm³/mol. The maximum absolute atomic E-state index is 12.9. The molecule has 4 saturated carbocycles. The molecule has 210 valence electrons. The molecule has 0 aromatic carbocycles. The van der Waals surface area contributed by atoms with Gasteiger partial charge in [-0.3, -0.25) is 4.79 Å². The van der Waals surface area contributed by atoms with Crippen LogP contribution in [0.15, 0.2) is 11.6 Å². The number of aliphatic hydroxyl groups excluding tert-OH is 5.